The molecule has 0 spiro atoms. The first-order chi connectivity index (χ1) is 18.9. The van der Waals surface area contributed by atoms with Crippen LogP contribution < -0.4 is 21.5 Å². The van der Waals surface area contributed by atoms with E-state index in [0.29, 0.717) is 42.5 Å². The van der Waals surface area contributed by atoms with E-state index in [2.05, 4.69) is 32.1 Å². The lowest BCUT2D eigenvalue weighted by atomic mass is 9.93. The highest BCUT2D eigenvalue weighted by Crippen LogP contribution is 2.23. The predicted molar refractivity (Wildman–Crippen MR) is 148 cm³/mol. The van der Waals surface area contributed by atoms with Crippen molar-refractivity contribution in [2.24, 2.45) is 5.92 Å². The molecule has 0 saturated carbocycles. The topological polar surface area (TPSA) is 157 Å². The van der Waals surface area contributed by atoms with E-state index < -0.39 is 0 Å². The first kappa shape index (κ1) is 28.1. The van der Waals surface area contributed by atoms with Crippen LogP contribution in [0.25, 0.3) is 11.2 Å². The summed E-state index contributed by atoms with van der Waals surface area (Å²) < 4.78 is 11.9. The van der Waals surface area contributed by atoms with Crippen LogP contribution in [-0.4, -0.2) is 69.6 Å². The van der Waals surface area contributed by atoms with Gasteiger partial charge < -0.3 is 25.5 Å². The molecule has 12 nitrogen and oxygen atoms in total. The van der Waals surface area contributed by atoms with Crippen molar-refractivity contribution in [1.82, 2.24) is 24.4 Å². The van der Waals surface area contributed by atoms with Gasteiger partial charge in [0.25, 0.3) is 0 Å². The number of aromatic nitrogens is 4. The number of piperidine rings is 1. The van der Waals surface area contributed by atoms with Crippen molar-refractivity contribution in [1.29, 1.82) is 0 Å². The molecular formula is C27H37N7O5. The quantitative estimate of drug-likeness (QED) is 0.232. The van der Waals surface area contributed by atoms with Gasteiger partial charge in [0.15, 0.2) is 11.5 Å². The molecule has 1 amide bonds. The van der Waals surface area contributed by atoms with Crippen LogP contribution in [0.2, 0.25) is 0 Å². The number of nitrogens with two attached hydrogens (primary N) is 1. The number of aromatic amines is 1. The summed E-state index contributed by atoms with van der Waals surface area (Å²) in [6.45, 7) is 4.97. The van der Waals surface area contributed by atoms with E-state index in [1.54, 1.807) is 22.8 Å². The number of hydrogen-bond acceptors (Lipinski definition) is 9. The SMILES string of the molecule is CCCCOc1nc(N)c2[nH]c(=O)n(CCC3CCN(CC(=O)Nc4cccc(CC(=O)OC)c4)CC3)c2n1. The number of carbonyl (C=O) groups excluding carboxylic acids is 2. The number of benzene rings is 1. The van der Waals surface area contributed by atoms with E-state index in [1.165, 1.54) is 7.11 Å². The summed E-state index contributed by atoms with van der Waals surface area (Å²) in [6.07, 6.45) is 4.71. The molecule has 3 heterocycles. The Bertz CT molecular complexity index is 1340. The van der Waals surface area contributed by atoms with Crippen LogP contribution in [0.3, 0.4) is 0 Å². The Morgan fingerprint density at radius 1 is 1.23 bits per heavy atom. The second-order valence-corrected chi connectivity index (χ2v) is 9.88. The highest BCUT2D eigenvalue weighted by molar-refractivity contribution is 5.92. The summed E-state index contributed by atoms with van der Waals surface area (Å²) in [5.41, 5.74) is 8.11. The van der Waals surface area contributed by atoms with E-state index in [9.17, 15) is 14.4 Å². The molecule has 1 aliphatic heterocycles. The molecule has 39 heavy (non-hydrogen) atoms. The van der Waals surface area contributed by atoms with Crippen LogP contribution in [0.1, 0.15) is 44.6 Å². The summed E-state index contributed by atoms with van der Waals surface area (Å²) in [5, 5.41) is 2.92. The maximum atomic E-state index is 12.6. The number of imidazole rings is 1. The summed E-state index contributed by atoms with van der Waals surface area (Å²) in [7, 11) is 1.35. The minimum absolute atomic E-state index is 0.0942. The number of carbonyl (C=O) groups is 2. The van der Waals surface area contributed by atoms with Crippen molar-refractivity contribution in [2.75, 3.05) is 44.4 Å². The van der Waals surface area contributed by atoms with Gasteiger partial charge in [0.2, 0.25) is 5.91 Å². The molecule has 0 unspecified atom stereocenters. The van der Waals surface area contributed by atoms with E-state index in [-0.39, 0.29) is 35.8 Å². The molecule has 0 bridgehead atoms. The number of anilines is 2. The van der Waals surface area contributed by atoms with Crippen molar-refractivity contribution in [2.45, 2.75) is 52.0 Å². The van der Waals surface area contributed by atoms with Crippen LogP contribution in [-0.2, 0) is 27.3 Å². The van der Waals surface area contributed by atoms with Gasteiger partial charge in [-0.2, -0.15) is 9.97 Å². The largest absolute Gasteiger partial charge is 0.469 e. The first-order valence-corrected chi connectivity index (χ1v) is 13.4. The lowest BCUT2D eigenvalue weighted by Gasteiger charge is -2.31. The Hall–Kier alpha value is -3.93. The smallest absolute Gasteiger partial charge is 0.327 e. The molecule has 3 aromatic rings. The number of nitrogen functional groups attached to an aromatic ring is 1. The lowest BCUT2D eigenvalue weighted by molar-refractivity contribution is -0.139. The van der Waals surface area contributed by atoms with Gasteiger partial charge in [-0.15, -0.1) is 0 Å². The number of rotatable bonds is 12. The molecule has 1 saturated heterocycles. The second-order valence-electron chi connectivity index (χ2n) is 9.88. The van der Waals surface area contributed by atoms with E-state index in [4.69, 9.17) is 15.2 Å². The highest BCUT2D eigenvalue weighted by atomic mass is 16.5. The van der Waals surface area contributed by atoms with Crippen molar-refractivity contribution >= 4 is 34.5 Å². The van der Waals surface area contributed by atoms with Gasteiger partial charge in [0.1, 0.15) is 5.52 Å². The van der Waals surface area contributed by atoms with Crippen molar-refractivity contribution < 1.29 is 19.1 Å². The maximum Gasteiger partial charge on any atom is 0.327 e. The Morgan fingerprint density at radius 3 is 2.77 bits per heavy atom. The Kier molecular flexibility index (Phi) is 9.53. The maximum absolute atomic E-state index is 12.6. The standard InChI is InChI=1S/C27H37N7O5/c1-3-4-14-39-26-31-24(28)23-25(32-26)34(27(37)30-23)13-10-18-8-11-33(12-9-18)17-21(35)29-20-7-5-6-19(15-20)16-22(36)38-2/h5-7,15,18H,3-4,8-14,16-17H2,1-2H3,(H,29,35)(H,30,37)(H2,28,31,32). The monoisotopic (exact) mass is 539 g/mol. The van der Waals surface area contributed by atoms with Crippen LogP contribution in [0, 0.1) is 5.92 Å². The van der Waals surface area contributed by atoms with Crippen LogP contribution in [0.4, 0.5) is 11.5 Å². The van der Waals surface area contributed by atoms with Crippen molar-refractivity contribution in [3.63, 3.8) is 0 Å². The molecule has 1 aliphatic rings. The summed E-state index contributed by atoms with van der Waals surface area (Å²) in [4.78, 5) is 50.2. The molecule has 1 fully saturated rings. The van der Waals surface area contributed by atoms with Gasteiger partial charge in [-0.05, 0) is 62.4 Å². The van der Waals surface area contributed by atoms with Gasteiger partial charge in [-0.3, -0.25) is 19.1 Å². The number of unbranched alkanes of at least 4 members (excludes halogenated alkanes) is 1. The second kappa shape index (κ2) is 13.2. The zero-order valence-corrected chi connectivity index (χ0v) is 22.6. The predicted octanol–water partition coefficient (Wildman–Crippen LogP) is 2.34. The fourth-order valence-corrected chi connectivity index (χ4v) is 4.76. The zero-order chi connectivity index (χ0) is 27.8. The van der Waals surface area contributed by atoms with E-state index >= 15 is 0 Å². The summed E-state index contributed by atoms with van der Waals surface area (Å²) in [6, 6.07) is 7.40. The lowest BCUT2D eigenvalue weighted by Crippen LogP contribution is -2.39. The number of nitrogens with one attached hydrogen (secondary N) is 2. The molecule has 12 heteroatoms. The number of hydrogen-bond donors (Lipinski definition) is 3. The van der Waals surface area contributed by atoms with E-state index in [1.807, 2.05) is 6.07 Å². The number of fused-ring (bicyclic) bond motifs is 1. The van der Waals surface area contributed by atoms with E-state index in [0.717, 1.165) is 50.8 Å². The Balaban J connectivity index is 1.27. The highest BCUT2D eigenvalue weighted by Gasteiger charge is 2.22. The zero-order valence-electron chi connectivity index (χ0n) is 22.6. The van der Waals surface area contributed by atoms with Crippen LogP contribution in [0.5, 0.6) is 6.01 Å². The third kappa shape index (κ3) is 7.56. The molecule has 2 aromatic heterocycles. The number of H-pyrrole nitrogens is 1. The van der Waals surface area contributed by atoms with Crippen molar-refractivity contribution in [3.05, 3.63) is 40.3 Å². The Labute approximate surface area is 226 Å². The third-order valence-electron chi connectivity index (χ3n) is 6.98. The molecular weight excluding hydrogens is 502 g/mol. The molecule has 1 aromatic carbocycles. The number of aryl methyl sites for hydroxylation is 1. The van der Waals surface area contributed by atoms with Crippen molar-refractivity contribution in [3.8, 4) is 6.01 Å². The van der Waals surface area contributed by atoms with Gasteiger partial charge in [0.05, 0.1) is 26.7 Å². The number of amides is 1. The molecule has 0 radical (unpaired) electrons. The average molecular weight is 540 g/mol. The number of ether oxygens (including phenoxy) is 2. The first-order valence-electron chi connectivity index (χ1n) is 13.4. The third-order valence-corrected chi connectivity index (χ3v) is 6.98. The molecule has 0 aliphatic carbocycles. The molecule has 210 valence electrons. The van der Waals surface area contributed by atoms with Crippen LogP contribution >= 0.6 is 0 Å². The minimum atomic E-state index is -0.325. The fourth-order valence-electron chi connectivity index (χ4n) is 4.76. The summed E-state index contributed by atoms with van der Waals surface area (Å²) in [5.74, 6) is 0.206. The van der Waals surface area contributed by atoms with Gasteiger partial charge in [-0.25, -0.2) is 4.79 Å². The molecule has 4 rings (SSSR count). The minimum Gasteiger partial charge on any atom is -0.469 e. The Morgan fingerprint density at radius 2 is 2.03 bits per heavy atom. The molecule has 0 atom stereocenters. The summed E-state index contributed by atoms with van der Waals surface area (Å²) >= 11 is 0. The fraction of sp³-hybridized carbons (Fsp3) is 0.519. The number of nitrogens with zero attached hydrogens (tertiary/aromatic N) is 4. The number of likely N-dealkylation sites (tertiary alicyclic amines) is 1. The van der Waals surface area contributed by atoms with Crippen LogP contribution in [0.15, 0.2) is 29.1 Å². The van der Waals surface area contributed by atoms with Gasteiger partial charge in [0, 0.05) is 12.2 Å². The van der Waals surface area contributed by atoms with Gasteiger partial charge >= 0.3 is 17.7 Å². The van der Waals surface area contributed by atoms with Gasteiger partial charge in [-0.1, -0.05) is 25.5 Å². The molecule has 4 N–H and O–H groups in total. The normalized spacial score (nSPS) is 14.4. The number of methoxy groups -OCH3 is 1. The number of esters is 1. The average Bonchev–Trinajstić information content (AvgIpc) is 3.24.